The van der Waals surface area contributed by atoms with Crippen molar-refractivity contribution in [1.29, 1.82) is 10.5 Å². The third kappa shape index (κ3) is 4.07. The lowest BCUT2D eigenvalue weighted by Crippen LogP contribution is -2.01. The Bertz CT molecular complexity index is 2710. The molecule has 48 heavy (non-hydrogen) atoms. The zero-order valence-corrected chi connectivity index (χ0v) is 25.8. The van der Waals surface area contributed by atoms with Gasteiger partial charge in [0.25, 0.3) is 0 Å². The summed E-state index contributed by atoms with van der Waals surface area (Å²) in [6, 6.07) is 59.0. The monoisotopic (exact) mass is 610 g/mol. The van der Waals surface area contributed by atoms with Crippen LogP contribution in [-0.2, 0) is 0 Å². The second-order valence-electron chi connectivity index (χ2n) is 12.0. The number of nitriles is 2. The Morgan fingerprint density at radius 2 is 0.875 bits per heavy atom. The number of benzene rings is 7. The van der Waals surface area contributed by atoms with Gasteiger partial charge in [-0.15, -0.1) is 0 Å². The van der Waals surface area contributed by atoms with E-state index in [4.69, 9.17) is 0 Å². The van der Waals surface area contributed by atoms with E-state index in [9.17, 15) is 10.5 Å². The maximum atomic E-state index is 10.5. The number of nitrogens with zero attached hydrogens (tertiary/aromatic N) is 4. The van der Waals surface area contributed by atoms with Crippen molar-refractivity contribution in [1.82, 2.24) is 9.13 Å². The highest BCUT2D eigenvalue weighted by Gasteiger charge is 2.21. The second-order valence-corrected chi connectivity index (χ2v) is 12.0. The van der Waals surface area contributed by atoms with E-state index in [0.717, 1.165) is 66.5 Å². The molecule has 222 valence electrons. The summed E-state index contributed by atoms with van der Waals surface area (Å²) in [7, 11) is 0. The fraction of sp³-hybridized carbons (Fsp3) is 0. The van der Waals surface area contributed by atoms with Gasteiger partial charge in [-0.2, -0.15) is 10.5 Å². The standard InChI is InChI=1S/C44H26N4/c45-27-32-23-24-43(48-41-21-7-3-17-36(41)37-18-4-8-22-42(37)48)44(38(32)28-46)31-13-9-11-29(25-31)30-12-10-14-33(26-30)47-39-19-5-1-15-34(39)35-16-2-6-20-40(35)47/h1-26H. The molecule has 0 spiro atoms. The van der Waals surface area contributed by atoms with E-state index in [1.165, 1.54) is 10.8 Å². The van der Waals surface area contributed by atoms with Gasteiger partial charge < -0.3 is 9.13 Å². The second kappa shape index (κ2) is 10.9. The molecule has 4 nitrogen and oxygen atoms in total. The minimum absolute atomic E-state index is 0.357. The Balaban J connectivity index is 1.26. The molecule has 0 radical (unpaired) electrons. The van der Waals surface area contributed by atoms with Crippen LogP contribution in [0.4, 0.5) is 0 Å². The van der Waals surface area contributed by atoms with Gasteiger partial charge in [0, 0.05) is 32.8 Å². The van der Waals surface area contributed by atoms with Crippen molar-refractivity contribution in [3.8, 4) is 45.8 Å². The average Bonchev–Trinajstić information content (AvgIpc) is 3.67. The highest BCUT2D eigenvalue weighted by molar-refractivity contribution is 6.10. The summed E-state index contributed by atoms with van der Waals surface area (Å²) in [5.41, 5.74) is 10.8. The van der Waals surface area contributed by atoms with E-state index in [1.807, 2.05) is 30.3 Å². The molecule has 0 fully saturated rings. The molecule has 0 saturated carbocycles. The third-order valence-corrected chi connectivity index (χ3v) is 9.41. The van der Waals surface area contributed by atoms with Crippen LogP contribution < -0.4 is 0 Å². The smallest absolute Gasteiger partial charge is 0.101 e. The maximum Gasteiger partial charge on any atom is 0.101 e. The van der Waals surface area contributed by atoms with Gasteiger partial charge in [0.05, 0.1) is 38.9 Å². The van der Waals surface area contributed by atoms with Gasteiger partial charge in [0.1, 0.15) is 12.1 Å². The van der Waals surface area contributed by atoms with Gasteiger partial charge in [0.15, 0.2) is 0 Å². The van der Waals surface area contributed by atoms with Crippen LogP contribution in [0.15, 0.2) is 158 Å². The van der Waals surface area contributed by atoms with E-state index >= 15 is 0 Å². The molecule has 0 unspecified atom stereocenters. The summed E-state index contributed by atoms with van der Waals surface area (Å²) >= 11 is 0. The van der Waals surface area contributed by atoms with Crippen molar-refractivity contribution in [3.05, 3.63) is 169 Å². The molecule has 4 heteroatoms. The van der Waals surface area contributed by atoms with Gasteiger partial charge in [0.2, 0.25) is 0 Å². The molecule has 0 aliphatic carbocycles. The largest absolute Gasteiger partial charge is 0.309 e. The van der Waals surface area contributed by atoms with Gasteiger partial charge >= 0.3 is 0 Å². The topological polar surface area (TPSA) is 57.4 Å². The quantitative estimate of drug-likeness (QED) is 0.199. The fourth-order valence-electron chi connectivity index (χ4n) is 7.34. The summed E-state index contributed by atoms with van der Waals surface area (Å²) in [4.78, 5) is 0. The number of para-hydroxylation sites is 4. The summed E-state index contributed by atoms with van der Waals surface area (Å²) in [5.74, 6) is 0. The van der Waals surface area contributed by atoms with Crippen LogP contribution in [0.1, 0.15) is 11.1 Å². The molecule has 0 atom stereocenters. The lowest BCUT2D eigenvalue weighted by atomic mass is 9.92. The van der Waals surface area contributed by atoms with E-state index < -0.39 is 0 Å². The summed E-state index contributed by atoms with van der Waals surface area (Å²) in [6.45, 7) is 0. The number of hydrogen-bond acceptors (Lipinski definition) is 2. The van der Waals surface area contributed by atoms with E-state index in [0.29, 0.717) is 11.1 Å². The first kappa shape index (κ1) is 27.4. The molecule has 9 rings (SSSR count). The predicted octanol–water partition coefficient (Wildman–Crippen LogP) is 11.0. The van der Waals surface area contributed by atoms with Crippen LogP contribution in [-0.4, -0.2) is 9.13 Å². The van der Waals surface area contributed by atoms with Crippen LogP contribution in [0, 0.1) is 22.7 Å². The highest BCUT2D eigenvalue weighted by atomic mass is 15.0. The molecule has 9 aromatic rings. The van der Waals surface area contributed by atoms with E-state index in [2.05, 4.69) is 143 Å². The number of fused-ring (bicyclic) bond motifs is 6. The number of aromatic nitrogens is 2. The molecule has 2 aromatic heterocycles. The Kier molecular flexibility index (Phi) is 6.22. The van der Waals surface area contributed by atoms with Crippen LogP contribution >= 0.6 is 0 Å². The Hall–Kier alpha value is -6.88. The van der Waals surface area contributed by atoms with Gasteiger partial charge in [-0.25, -0.2) is 0 Å². The first-order valence-electron chi connectivity index (χ1n) is 15.9. The van der Waals surface area contributed by atoms with Crippen molar-refractivity contribution >= 4 is 43.6 Å². The molecule has 0 amide bonds. The average molecular weight is 611 g/mol. The highest BCUT2D eigenvalue weighted by Crippen LogP contribution is 2.40. The van der Waals surface area contributed by atoms with Crippen LogP contribution in [0.3, 0.4) is 0 Å². The van der Waals surface area contributed by atoms with Crippen molar-refractivity contribution < 1.29 is 0 Å². The maximum absolute atomic E-state index is 10.5. The molecule has 0 aliphatic heterocycles. The van der Waals surface area contributed by atoms with Crippen molar-refractivity contribution in [2.45, 2.75) is 0 Å². The van der Waals surface area contributed by atoms with Gasteiger partial charge in [-0.3, -0.25) is 0 Å². The van der Waals surface area contributed by atoms with E-state index in [1.54, 1.807) is 6.07 Å². The molecule has 0 bridgehead atoms. The third-order valence-electron chi connectivity index (χ3n) is 9.41. The minimum Gasteiger partial charge on any atom is -0.309 e. The van der Waals surface area contributed by atoms with Crippen LogP contribution in [0.5, 0.6) is 0 Å². The Labute approximate surface area is 277 Å². The van der Waals surface area contributed by atoms with Gasteiger partial charge in [-0.05, 0) is 71.3 Å². The molecular weight excluding hydrogens is 585 g/mol. The summed E-state index contributed by atoms with van der Waals surface area (Å²) < 4.78 is 4.54. The normalized spacial score (nSPS) is 11.3. The fourth-order valence-corrected chi connectivity index (χ4v) is 7.34. The summed E-state index contributed by atoms with van der Waals surface area (Å²) in [5, 5.41) is 25.3. The zero-order valence-electron chi connectivity index (χ0n) is 25.8. The molecule has 7 aromatic carbocycles. The van der Waals surface area contributed by atoms with Gasteiger partial charge in [-0.1, -0.05) is 103 Å². The molecule has 0 aliphatic rings. The van der Waals surface area contributed by atoms with Crippen LogP contribution in [0.2, 0.25) is 0 Å². The number of rotatable bonds is 4. The molecule has 0 N–H and O–H groups in total. The van der Waals surface area contributed by atoms with E-state index in [-0.39, 0.29) is 0 Å². The zero-order chi connectivity index (χ0) is 32.2. The van der Waals surface area contributed by atoms with Crippen LogP contribution in [0.25, 0.3) is 77.2 Å². The Morgan fingerprint density at radius 1 is 0.396 bits per heavy atom. The number of hydrogen-bond donors (Lipinski definition) is 0. The Morgan fingerprint density at radius 3 is 1.42 bits per heavy atom. The minimum atomic E-state index is 0.357. The first-order chi connectivity index (χ1) is 23.7. The molecular formula is C44H26N4. The van der Waals surface area contributed by atoms with Crippen molar-refractivity contribution in [3.63, 3.8) is 0 Å². The SMILES string of the molecule is N#Cc1ccc(-n2c3ccccc3c3ccccc32)c(-c2cccc(-c3cccc(-n4c5ccccc5c5ccccc54)c3)c2)c1C#N. The van der Waals surface area contributed by atoms with Crippen molar-refractivity contribution in [2.24, 2.45) is 0 Å². The molecule has 0 saturated heterocycles. The lowest BCUT2D eigenvalue weighted by molar-refractivity contribution is 1.17. The predicted molar refractivity (Wildman–Crippen MR) is 195 cm³/mol. The summed E-state index contributed by atoms with van der Waals surface area (Å²) in [6.07, 6.45) is 0. The molecule has 2 heterocycles. The lowest BCUT2D eigenvalue weighted by Gasteiger charge is -2.17. The van der Waals surface area contributed by atoms with Crippen molar-refractivity contribution in [2.75, 3.05) is 0 Å². The first-order valence-corrected chi connectivity index (χ1v) is 15.9.